The summed E-state index contributed by atoms with van der Waals surface area (Å²) < 4.78 is 0. The predicted molar refractivity (Wildman–Crippen MR) is 76.2 cm³/mol. The number of nitrogen functional groups attached to an aromatic ring is 1. The van der Waals surface area contributed by atoms with Gasteiger partial charge in [-0.1, -0.05) is 11.3 Å². The van der Waals surface area contributed by atoms with Crippen molar-refractivity contribution in [3.05, 3.63) is 35.0 Å². The molecule has 2 aromatic heterocycles. The second kappa shape index (κ2) is 5.66. The minimum absolute atomic E-state index is 0.116. The molecule has 19 heavy (non-hydrogen) atoms. The first kappa shape index (κ1) is 13.3. The first-order chi connectivity index (χ1) is 9.11. The second-order valence-corrected chi connectivity index (χ2v) is 4.96. The van der Waals surface area contributed by atoms with Crippen molar-refractivity contribution in [2.45, 2.75) is 13.0 Å². The molecule has 1 atom stereocenters. The monoisotopic (exact) mass is 277 g/mol. The van der Waals surface area contributed by atoms with Gasteiger partial charge in [-0.3, -0.25) is 9.78 Å². The molecule has 2 aromatic rings. The number of anilines is 2. The van der Waals surface area contributed by atoms with Crippen LogP contribution in [-0.2, 0) is 0 Å². The summed E-state index contributed by atoms with van der Waals surface area (Å²) in [5.41, 5.74) is 6.71. The van der Waals surface area contributed by atoms with Crippen LogP contribution in [0.25, 0.3) is 0 Å². The van der Waals surface area contributed by atoms with Gasteiger partial charge in [0.25, 0.3) is 5.91 Å². The number of thiazole rings is 1. The highest BCUT2D eigenvalue weighted by atomic mass is 32.1. The minimum Gasteiger partial charge on any atom is -0.382 e. The highest BCUT2D eigenvalue weighted by Crippen LogP contribution is 2.25. The van der Waals surface area contributed by atoms with Gasteiger partial charge in [0.1, 0.15) is 10.7 Å². The van der Waals surface area contributed by atoms with Crippen molar-refractivity contribution in [3.63, 3.8) is 0 Å². The molecule has 7 heteroatoms. The molecule has 4 N–H and O–H groups in total. The van der Waals surface area contributed by atoms with Crippen LogP contribution < -0.4 is 16.4 Å². The van der Waals surface area contributed by atoms with Gasteiger partial charge in [0.15, 0.2) is 5.13 Å². The van der Waals surface area contributed by atoms with E-state index in [2.05, 4.69) is 20.6 Å². The first-order valence-corrected chi connectivity index (χ1v) is 6.58. The molecule has 0 spiro atoms. The molecule has 0 radical (unpaired) electrons. The number of aromatic nitrogens is 2. The van der Waals surface area contributed by atoms with Crippen molar-refractivity contribution in [2.24, 2.45) is 0 Å². The molecule has 0 aromatic carbocycles. The number of nitrogens with one attached hydrogen (secondary N) is 2. The van der Waals surface area contributed by atoms with Gasteiger partial charge in [-0.2, -0.15) is 0 Å². The van der Waals surface area contributed by atoms with Gasteiger partial charge in [-0.05, 0) is 24.6 Å². The summed E-state index contributed by atoms with van der Waals surface area (Å²) in [7, 11) is 1.74. The maximum Gasteiger partial charge on any atom is 0.265 e. The Labute approximate surface area is 115 Å². The second-order valence-electron chi connectivity index (χ2n) is 3.96. The smallest absolute Gasteiger partial charge is 0.265 e. The molecule has 2 heterocycles. The summed E-state index contributed by atoms with van der Waals surface area (Å²) in [5, 5.41) is 6.38. The third-order valence-corrected chi connectivity index (χ3v) is 3.71. The van der Waals surface area contributed by atoms with Gasteiger partial charge in [0, 0.05) is 19.4 Å². The number of pyridine rings is 1. The SMILES string of the molecule is CNc1nc(N)c(C(=O)NC(C)c2ccncc2)s1. The number of carbonyl (C=O) groups excluding carboxylic acids is 1. The van der Waals surface area contributed by atoms with E-state index in [-0.39, 0.29) is 17.8 Å². The molecule has 0 bridgehead atoms. The van der Waals surface area contributed by atoms with Crippen molar-refractivity contribution >= 4 is 28.2 Å². The van der Waals surface area contributed by atoms with Gasteiger partial charge in [-0.25, -0.2) is 4.98 Å². The van der Waals surface area contributed by atoms with E-state index in [4.69, 9.17) is 5.73 Å². The Morgan fingerprint density at radius 3 is 2.68 bits per heavy atom. The van der Waals surface area contributed by atoms with Crippen LogP contribution in [0.3, 0.4) is 0 Å². The van der Waals surface area contributed by atoms with E-state index in [1.54, 1.807) is 19.4 Å². The van der Waals surface area contributed by atoms with Crippen LogP contribution in [0.2, 0.25) is 0 Å². The normalized spacial score (nSPS) is 11.9. The van der Waals surface area contributed by atoms with Crippen molar-refractivity contribution in [2.75, 3.05) is 18.1 Å². The van der Waals surface area contributed by atoms with Gasteiger partial charge in [0.05, 0.1) is 6.04 Å². The van der Waals surface area contributed by atoms with E-state index in [0.717, 1.165) is 5.56 Å². The lowest BCUT2D eigenvalue weighted by molar-refractivity contribution is 0.0944. The number of hydrogen-bond donors (Lipinski definition) is 3. The Bertz CT molecular complexity index is 569. The Morgan fingerprint density at radius 2 is 2.11 bits per heavy atom. The molecule has 0 fully saturated rings. The Kier molecular flexibility index (Phi) is 3.96. The number of amides is 1. The van der Waals surface area contributed by atoms with Crippen LogP contribution in [0.5, 0.6) is 0 Å². The Hall–Kier alpha value is -2.15. The van der Waals surface area contributed by atoms with Gasteiger partial charge < -0.3 is 16.4 Å². The topological polar surface area (TPSA) is 92.9 Å². The van der Waals surface area contributed by atoms with Gasteiger partial charge >= 0.3 is 0 Å². The molecule has 0 aliphatic rings. The van der Waals surface area contributed by atoms with Crippen LogP contribution in [0.1, 0.15) is 28.2 Å². The molecule has 2 rings (SSSR count). The average molecular weight is 277 g/mol. The van der Waals surface area contributed by atoms with Crippen molar-refractivity contribution in [1.82, 2.24) is 15.3 Å². The summed E-state index contributed by atoms with van der Waals surface area (Å²) >= 11 is 1.23. The van der Waals surface area contributed by atoms with Crippen LogP contribution in [0.4, 0.5) is 10.9 Å². The van der Waals surface area contributed by atoms with Gasteiger partial charge in [0.2, 0.25) is 0 Å². The molecule has 1 amide bonds. The zero-order chi connectivity index (χ0) is 13.8. The standard InChI is InChI=1S/C12H15N5OS/c1-7(8-3-5-15-6-4-8)16-11(18)9-10(13)17-12(14-2)19-9/h3-7H,13H2,1-2H3,(H,14,17)(H,16,18). The van der Waals surface area contributed by atoms with E-state index in [1.165, 1.54) is 11.3 Å². The Balaban J connectivity index is 2.10. The van der Waals surface area contributed by atoms with Crippen LogP contribution in [-0.4, -0.2) is 22.9 Å². The molecule has 0 saturated carbocycles. The zero-order valence-electron chi connectivity index (χ0n) is 10.7. The van der Waals surface area contributed by atoms with E-state index in [0.29, 0.717) is 10.0 Å². The zero-order valence-corrected chi connectivity index (χ0v) is 11.5. The first-order valence-electron chi connectivity index (χ1n) is 5.76. The molecule has 0 aliphatic heterocycles. The van der Waals surface area contributed by atoms with Gasteiger partial charge in [-0.15, -0.1) is 0 Å². The molecule has 100 valence electrons. The molecule has 6 nitrogen and oxygen atoms in total. The Morgan fingerprint density at radius 1 is 1.42 bits per heavy atom. The fraction of sp³-hybridized carbons (Fsp3) is 0.250. The number of rotatable bonds is 4. The lowest BCUT2D eigenvalue weighted by Gasteiger charge is -2.13. The minimum atomic E-state index is -0.221. The summed E-state index contributed by atoms with van der Waals surface area (Å²) in [4.78, 5) is 20.5. The van der Waals surface area contributed by atoms with E-state index in [9.17, 15) is 4.79 Å². The molecule has 1 unspecified atom stereocenters. The maximum absolute atomic E-state index is 12.1. The number of nitrogens with zero attached hydrogens (tertiary/aromatic N) is 2. The predicted octanol–water partition coefficient (Wildman–Crippen LogP) is 1.65. The van der Waals surface area contributed by atoms with Crippen LogP contribution >= 0.6 is 11.3 Å². The number of hydrogen-bond acceptors (Lipinski definition) is 6. The lowest BCUT2D eigenvalue weighted by Crippen LogP contribution is -2.26. The number of carbonyl (C=O) groups is 1. The molecular weight excluding hydrogens is 262 g/mol. The third kappa shape index (κ3) is 3.00. The van der Waals surface area contributed by atoms with Crippen molar-refractivity contribution in [3.8, 4) is 0 Å². The van der Waals surface area contributed by atoms with E-state index >= 15 is 0 Å². The van der Waals surface area contributed by atoms with E-state index < -0.39 is 0 Å². The largest absolute Gasteiger partial charge is 0.382 e. The highest BCUT2D eigenvalue weighted by Gasteiger charge is 2.18. The highest BCUT2D eigenvalue weighted by molar-refractivity contribution is 7.18. The fourth-order valence-corrected chi connectivity index (χ4v) is 2.34. The molecule has 0 saturated heterocycles. The average Bonchev–Trinajstić information content (AvgIpc) is 2.81. The van der Waals surface area contributed by atoms with Crippen LogP contribution in [0, 0.1) is 0 Å². The van der Waals surface area contributed by atoms with E-state index in [1.807, 2.05) is 19.1 Å². The summed E-state index contributed by atoms with van der Waals surface area (Å²) in [6, 6.07) is 3.61. The fourth-order valence-electron chi connectivity index (χ4n) is 1.60. The van der Waals surface area contributed by atoms with Crippen molar-refractivity contribution < 1.29 is 4.79 Å². The van der Waals surface area contributed by atoms with Crippen molar-refractivity contribution in [1.29, 1.82) is 0 Å². The summed E-state index contributed by atoms with van der Waals surface area (Å²) in [6.07, 6.45) is 3.39. The summed E-state index contributed by atoms with van der Waals surface area (Å²) in [6.45, 7) is 1.91. The lowest BCUT2D eigenvalue weighted by atomic mass is 10.1. The quantitative estimate of drug-likeness (QED) is 0.790. The van der Waals surface area contributed by atoms with Crippen LogP contribution in [0.15, 0.2) is 24.5 Å². The number of nitrogens with two attached hydrogens (primary N) is 1. The maximum atomic E-state index is 12.1. The third-order valence-electron chi connectivity index (χ3n) is 2.63. The molecule has 0 aliphatic carbocycles. The molecular formula is C12H15N5OS. The summed E-state index contributed by atoms with van der Waals surface area (Å²) in [5.74, 6) is 0.0228.